The molecular weight excluding hydrogens is 446 g/mol. The number of aryl methyl sites for hydroxylation is 1. The zero-order valence-electron chi connectivity index (χ0n) is 16.0. The molecule has 4 rings (SSSR count). The molecule has 0 radical (unpaired) electrons. The summed E-state index contributed by atoms with van der Waals surface area (Å²) < 4.78 is 0.853. The first-order chi connectivity index (χ1) is 14.4. The lowest BCUT2D eigenvalue weighted by Gasteiger charge is -2.25. The van der Waals surface area contributed by atoms with E-state index in [1.54, 1.807) is 36.4 Å². The lowest BCUT2D eigenvalue weighted by Crippen LogP contribution is -2.29. The average molecular weight is 464 g/mol. The van der Waals surface area contributed by atoms with Crippen molar-refractivity contribution in [2.24, 2.45) is 0 Å². The highest BCUT2D eigenvalue weighted by Gasteiger charge is 2.46. The molecule has 2 N–H and O–H groups in total. The van der Waals surface area contributed by atoms with Gasteiger partial charge in [-0.2, -0.15) is 0 Å². The topological polar surface area (TPSA) is 77.8 Å². The number of rotatable bonds is 3. The molecule has 1 amide bonds. The molecule has 1 unspecified atom stereocenters. The van der Waals surface area contributed by atoms with Gasteiger partial charge in [-0.15, -0.1) is 0 Å². The third-order valence-corrected chi connectivity index (χ3v) is 5.61. The van der Waals surface area contributed by atoms with Crippen molar-refractivity contribution in [2.75, 3.05) is 4.90 Å². The summed E-state index contributed by atoms with van der Waals surface area (Å²) in [6.45, 7) is 1.93. The van der Waals surface area contributed by atoms with E-state index < -0.39 is 17.7 Å². The van der Waals surface area contributed by atoms with Crippen molar-refractivity contribution >= 4 is 39.1 Å². The van der Waals surface area contributed by atoms with E-state index in [1.807, 2.05) is 31.2 Å². The number of phenolic OH excluding ortho intramolecular Hbond substituents is 1. The van der Waals surface area contributed by atoms with Gasteiger partial charge in [0, 0.05) is 15.7 Å². The quantitative estimate of drug-likeness (QED) is 0.322. The smallest absolute Gasteiger partial charge is 0.300 e. The van der Waals surface area contributed by atoms with Crippen LogP contribution in [0.5, 0.6) is 5.75 Å². The molecule has 150 valence electrons. The van der Waals surface area contributed by atoms with Crippen LogP contribution in [-0.2, 0) is 9.59 Å². The molecule has 3 aromatic rings. The molecule has 0 aliphatic carbocycles. The Morgan fingerprint density at radius 2 is 1.50 bits per heavy atom. The molecule has 3 aromatic carbocycles. The number of benzene rings is 3. The van der Waals surface area contributed by atoms with Gasteiger partial charge in [0.2, 0.25) is 0 Å². The summed E-state index contributed by atoms with van der Waals surface area (Å²) in [6.07, 6.45) is 0. The summed E-state index contributed by atoms with van der Waals surface area (Å²) in [6, 6.07) is 19.6. The molecule has 1 saturated heterocycles. The van der Waals surface area contributed by atoms with Crippen LogP contribution in [0.3, 0.4) is 0 Å². The van der Waals surface area contributed by atoms with Crippen LogP contribution in [0.2, 0.25) is 0 Å². The van der Waals surface area contributed by atoms with Crippen LogP contribution in [0.15, 0.2) is 82.8 Å². The van der Waals surface area contributed by atoms with Crippen molar-refractivity contribution in [2.45, 2.75) is 13.0 Å². The number of aliphatic hydroxyl groups excluding tert-OH is 1. The molecule has 0 aromatic heterocycles. The molecule has 0 spiro atoms. The summed E-state index contributed by atoms with van der Waals surface area (Å²) in [4.78, 5) is 27.4. The van der Waals surface area contributed by atoms with Crippen molar-refractivity contribution in [3.63, 3.8) is 0 Å². The molecule has 1 heterocycles. The van der Waals surface area contributed by atoms with Gasteiger partial charge in [0.1, 0.15) is 11.5 Å². The largest absolute Gasteiger partial charge is 0.508 e. The number of ketones is 1. The molecule has 1 fully saturated rings. The van der Waals surface area contributed by atoms with Crippen LogP contribution in [0.1, 0.15) is 22.7 Å². The maximum absolute atomic E-state index is 13.0. The summed E-state index contributed by atoms with van der Waals surface area (Å²) >= 11 is 3.40. The number of amides is 1. The van der Waals surface area contributed by atoms with Crippen molar-refractivity contribution in [1.82, 2.24) is 0 Å². The molecule has 30 heavy (non-hydrogen) atoms. The SMILES string of the molecule is Cc1ccc(C(O)=C2C(=O)C(=O)N(c3ccc(O)cc3)C2c2ccc(Br)cc2)cc1. The molecule has 1 aliphatic heterocycles. The number of aliphatic hydroxyl groups is 1. The second-order valence-electron chi connectivity index (χ2n) is 7.10. The fraction of sp³-hybridized carbons (Fsp3) is 0.0833. The van der Waals surface area contributed by atoms with Gasteiger partial charge < -0.3 is 10.2 Å². The Hall–Kier alpha value is -3.38. The first kappa shape index (κ1) is 19.9. The molecule has 0 saturated carbocycles. The summed E-state index contributed by atoms with van der Waals surface area (Å²) in [7, 11) is 0. The summed E-state index contributed by atoms with van der Waals surface area (Å²) in [5, 5.41) is 20.6. The third kappa shape index (κ3) is 3.50. The van der Waals surface area contributed by atoms with Crippen LogP contribution in [-0.4, -0.2) is 21.9 Å². The normalized spacial score (nSPS) is 18.1. The van der Waals surface area contributed by atoms with E-state index in [4.69, 9.17) is 0 Å². The number of phenols is 1. The zero-order valence-corrected chi connectivity index (χ0v) is 17.6. The maximum Gasteiger partial charge on any atom is 0.300 e. The van der Waals surface area contributed by atoms with Crippen LogP contribution >= 0.6 is 15.9 Å². The number of nitrogens with zero attached hydrogens (tertiary/aromatic N) is 1. The van der Waals surface area contributed by atoms with E-state index in [0.717, 1.165) is 10.0 Å². The Balaban J connectivity index is 1.93. The van der Waals surface area contributed by atoms with Gasteiger partial charge in [0.05, 0.1) is 11.6 Å². The van der Waals surface area contributed by atoms with Crippen molar-refractivity contribution in [1.29, 1.82) is 0 Å². The van der Waals surface area contributed by atoms with E-state index in [0.29, 0.717) is 16.8 Å². The minimum Gasteiger partial charge on any atom is -0.508 e. The number of carbonyl (C=O) groups excluding carboxylic acids is 2. The van der Waals surface area contributed by atoms with Crippen LogP contribution in [0.25, 0.3) is 5.76 Å². The van der Waals surface area contributed by atoms with Crippen LogP contribution < -0.4 is 4.90 Å². The minimum absolute atomic E-state index is 0.0271. The molecule has 5 nitrogen and oxygen atoms in total. The summed E-state index contributed by atoms with van der Waals surface area (Å²) in [5.74, 6) is -1.66. The lowest BCUT2D eigenvalue weighted by molar-refractivity contribution is -0.132. The van der Waals surface area contributed by atoms with Gasteiger partial charge >= 0.3 is 0 Å². The predicted octanol–water partition coefficient (Wildman–Crippen LogP) is 5.09. The monoisotopic (exact) mass is 463 g/mol. The van der Waals surface area contributed by atoms with E-state index >= 15 is 0 Å². The Kier molecular flexibility index (Phi) is 5.18. The third-order valence-electron chi connectivity index (χ3n) is 5.08. The fourth-order valence-electron chi connectivity index (χ4n) is 3.54. The van der Waals surface area contributed by atoms with E-state index in [2.05, 4.69) is 15.9 Å². The summed E-state index contributed by atoms with van der Waals surface area (Å²) in [5.41, 5.74) is 2.64. The number of aromatic hydroxyl groups is 1. The number of Topliss-reactive ketones (excluding diaryl/α,β-unsaturated/α-hetero) is 1. The highest BCUT2D eigenvalue weighted by Crippen LogP contribution is 2.42. The van der Waals surface area contributed by atoms with Gasteiger partial charge in [-0.3, -0.25) is 14.5 Å². The van der Waals surface area contributed by atoms with Crippen molar-refractivity contribution in [3.05, 3.63) is 99.5 Å². The zero-order chi connectivity index (χ0) is 21.4. The molecule has 0 bridgehead atoms. The number of carbonyl (C=O) groups is 2. The highest BCUT2D eigenvalue weighted by atomic mass is 79.9. The number of hydrogen-bond acceptors (Lipinski definition) is 4. The van der Waals surface area contributed by atoms with E-state index in [9.17, 15) is 19.8 Å². The van der Waals surface area contributed by atoms with Gasteiger partial charge in [-0.25, -0.2) is 0 Å². The van der Waals surface area contributed by atoms with Crippen LogP contribution in [0.4, 0.5) is 5.69 Å². The van der Waals surface area contributed by atoms with Crippen LogP contribution in [0, 0.1) is 6.92 Å². The van der Waals surface area contributed by atoms with Gasteiger partial charge in [-0.05, 0) is 48.9 Å². The standard InChI is InChI=1S/C24H18BrNO4/c1-14-2-4-16(5-3-14)22(28)20-21(15-6-8-17(25)9-7-15)26(24(30)23(20)29)18-10-12-19(27)13-11-18/h2-13,21,27-28H,1H3. The average Bonchev–Trinajstić information content (AvgIpc) is 3.00. The Morgan fingerprint density at radius 1 is 0.900 bits per heavy atom. The highest BCUT2D eigenvalue weighted by molar-refractivity contribution is 9.10. The second-order valence-corrected chi connectivity index (χ2v) is 8.02. The fourth-order valence-corrected chi connectivity index (χ4v) is 3.80. The molecule has 1 aliphatic rings. The first-order valence-corrected chi connectivity index (χ1v) is 10.1. The Morgan fingerprint density at radius 3 is 2.10 bits per heavy atom. The van der Waals surface area contributed by atoms with Gasteiger partial charge in [0.25, 0.3) is 11.7 Å². The number of anilines is 1. The molecular formula is C24H18BrNO4. The lowest BCUT2D eigenvalue weighted by atomic mass is 9.95. The van der Waals surface area contributed by atoms with Gasteiger partial charge in [0.15, 0.2) is 0 Å². The number of halogens is 1. The molecule has 1 atom stereocenters. The Labute approximate surface area is 182 Å². The maximum atomic E-state index is 13.0. The van der Waals surface area contributed by atoms with Crippen molar-refractivity contribution < 1.29 is 19.8 Å². The minimum atomic E-state index is -0.802. The number of hydrogen-bond donors (Lipinski definition) is 2. The Bertz CT molecular complexity index is 1150. The van der Waals surface area contributed by atoms with E-state index in [-0.39, 0.29) is 17.1 Å². The second kappa shape index (κ2) is 7.80. The molecule has 6 heteroatoms. The van der Waals surface area contributed by atoms with E-state index in [1.165, 1.54) is 17.0 Å². The van der Waals surface area contributed by atoms with Crippen molar-refractivity contribution in [3.8, 4) is 5.75 Å². The predicted molar refractivity (Wildman–Crippen MR) is 118 cm³/mol. The van der Waals surface area contributed by atoms with Gasteiger partial charge in [-0.1, -0.05) is 57.9 Å². The first-order valence-electron chi connectivity index (χ1n) is 9.29.